The summed E-state index contributed by atoms with van der Waals surface area (Å²) in [5, 5.41) is 4.86. The zero-order valence-corrected chi connectivity index (χ0v) is 12.3. The third kappa shape index (κ3) is 3.49. The third-order valence-electron chi connectivity index (χ3n) is 2.96. The molecule has 0 aliphatic heterocycles. The summed E-state index contributed by atoms with van der Waals surface area (Å²) in [6.45, 7) is 3.84. The van der Waals surface area contributed by atoms with Crippen molar-refractivity contribution in [3.63, 3.8) is 0 Å². The van der Waals surface area contributed by atoms with Crippen molar-refractivity contribution in [2.75, 3.05) is 6.54 Å². The smallest absolute Gasteiger partial charge is 0.164 e. The van der Waals surface area contributed by atoms with Gasteiger partial charge in [-0.1, -0.05) is 24.6 Å². The van der Waals surface area contributed by atoms with Gasteiger partial charge in [-0.05, 0) is 31.5 Å². The Labute approximate surface area is 123 Å². The summed E-state index contributed by atoms with van der Waals surface area (Å²) in [5.41, 5.74) is 6.55. The van der Waals surface area contributed by atoms with Gasteiger partial charge in [-0.2, -0.15) is 5.10 Å². The summed E-state index contributed by atoms with van der Waals surface area (Å²) in [5.74, 6) is 1.57. The van der Waals surface area contributed by atoms with Crippen molar-refractivity contribution in [2.24, 2.45) is 5.73 Å². The van der Waals surface area contributed by atoms with Gasteiger partial charge in [-0.25, -0.2) is 9.67 Å². The van der Waals surface area contributed by atoms with Gasteiger partial charge in [0.25, 0.3) is 0 Å². The third-order valence-corrected chi connectivity index (χ3v) is 3.31. The molecule has 0 bridgehead atoms. The SMILES string of the molecule is CCCn1ncnc1COc1cccc(Cl)c1CCN. The van der Waals surface area contributed by atoms with E-state index in [-0.39, 0.29) is 0 Å². The van der Waals surface area contributed by atoms with Crippen LogP contribution >= 0.6 is 11.6 Å². The molecular formula is C14H19ClN4O. The molecule has 0 aliphatic rings. The van der Waals surface area contributed by atoms with Crippen molar-refractivity contribution in [1.82, 2.24) is 14.8 Å². The monoisotopic (exact) mass is 294 g/mol. The normalized spacial score (nSPS) is 10.8. The number of hydrogen-bond acceptors (Lipinski definition) is 4. The summed E-state index contributed by atoms with van der Waals surface area (Å²) in [7, 11) is 0. The molecule has 6 heteroatoms. The second-order valence-electron chi connectivity index (χ2n) is 4.44. The lowest BCUT2D eigenvalue weighted by Gasteiger charge is -2.12. The molecule has 2 rings (SSSR count). The fourth-order valence-electron chi connectivity index (χ4n) is 2.00. The summed E-state index contributed by atoms with van der Waals surface area (Å²) >= 11 is 6.18. The van der Waals surface area contributed by atoms with Gasteiger partial charge in [0.15, 0.2) is 5.82 Å². The maximum Gasteiger partial charge on any atom is 0.164 e. The van der Waals surface area contributed by atoms with Crippen LogP contribution in [0, 0.1) is 0 Å². The predicted octanol–water partition coefficient (Wildman–Crippen LogP) is 2.42. The van der Waals surface area contributed by atoms with Crippen molar-refractivity contribution in [2.45, 2.75) is 32.9 Å². The molecule has 0 unspecified atom stereocenters. The average molecular weight is 295 g/mol. The molecule has 1 aromatic carbocycles. The Morgan fingerprint density at radius 3 is 3.00 bits per heavy atom. The molecule has 2 aromatic rings. The molecule has 0 aliphatic carbocycles. The van der Waals surface area contributed by atoms with Crippen LogP contribution in [0.15, 0.2) is 24.5 Å². The first-order valence-corrected chi connectivity index (χ1v) is 7.11. The molecule has 0 saturated carbocycles. The van der Waals surface area contributed by atoms with Crippen LogP contribution in [0.5, 0.6) is 5.75 Å². The van der Waals surface area contributed by atoms with E-state index in [4.69, 9.17) is 22.1 Å². The molecule has 1 heterocycles. The van der Waals surface area contributed by atoms with Crippen molar-refractivity contribution in [3.05, 3.63) is 40.9 Å². The van der Waals surface area contributed by atoms with Gasteiger partial charge < -0.3 is 10.5 Å². The molecule has 0 saturated heterocycles. The second-order valence-corrected chi connectivity index (χ2v) is 4.85. The Hall–Kier alpha value is -1.59. The van der Waals surface area contributed by atoms with E-state index in [1.165, 1.54) is 0 Å². The number of benzene rings is 1. The first kappa shape index (κ1) is 14.8. The lowest BCUT2D eigenvalue weighted by atomic mass is 10.1. The fourth-order valence-corrected chi connectivity index (χ4v) is 2.26. The zero-order chi connectivity index (χ0) is 14.4. The molecule has 20 heavy (non-hydrogen) atoms. The van der Waals surface area contributed by atoms with Gasteiger partial charge in [0.05, 0.1) is 0 Å². The highest BCUT2D eigenvalue weighted by Crippen LogP contribution is 2.27. The zero-order valence-electron chi connectivity index (χ0n) is 11.6. The van der Waals surface area contributed by atoms with E-state index in [2.05, 4.69) is 17.0 Å². The Kier molecular flexibility index (Phi) is 5.38. The number of rotatable bonds is 7. The topological polar surface area (TPSA) is 66.0 Å². The van der Waals surface area contributed by atoms with Gasteiger partial charge in [0.2, 0.25) is 0 Å². The van der Waals surface area contributed by atoms with Crippen molar-refractivity contribution >= 4 is 11.6 Å². The van der Waals surface area contributed by atoms with Crippen LogP contribution in [0.1, 0.15) is 24.7 Å². The summed E-state index contributed by atoms with van der Waals surface area (Å²) < 4.78 is 7.69. The first-order valence-electron chi connectivity index (χ1n) is 6.73. The standard InChI is InChI=1S/C14H19ClN4O/c1-2-8-19-14(17-10-18-19)9-20-13-5-3-4-12(15)11(13)6-7-16/h3-5,10H,2,6-9,16H2,1H3. The lowest BCUT2D eigenvalue weighted by molar-refractivity contribution is 0.283. The molecule has 2 N–H and O–H groups in total. The number of nitrogens with zero attached hydrogens (tertiary/aromatic N) is 3. The van der Waals surface area contributed by atoms with Crippen molar-refractivity contribution < 1.29 is 4.74 Å². The van der Waals surface area contributed by atoms with Crippen LogP contribution in [0.3, 0.4) is 0 Å². The summed E-state index contributed by atoms with van der Waals surface area (Å²) in [6.07, 6.45) is 3.25. The molecule has 5 nitrogen and oxygen atoms in total. The van der Waals surface area contributed by atoms with Crippen LogP contribution in [0.4, 0.5) is 0 Å². The number of ether oxygens (including phenoxy) is 1. The molecule has 1 aromatic heterocycles. The van der Waals surface area contributed by atoms with Crippen molar-refractivity contribution in [1.29, 1.82) is 0 Å². The first-order chi connectivity index (χ1) is 9.76. The second kappa shape index (κ2) is 7.26. The molecule has 0 spiro atoms. The number of nitrogens with two attached hydrogens (primary N) is 1. The van der Waals surface area contributed by atoms with E-state index in [1.54, 1.807) is 6.33 Å². The maximum absolute atomic E-state index is 6.18. The van der Waals surface area contributed by atoms with Crippen LogP contribution in [-0.4, -0.2) is 21.3 Å². The van der Waals surface area contributed by atoms with Crippen LogP contribution in [-0.2, 0) is 19.6 Å². The van der Waals surface area contributed by atoms with E-state index in [0.29, 0.717) is 24.6 Å². The van der Waals surface area contributed by atoms with Gasteiger partial charge in [-0.3, -0.25) is 0 Å². The highest BCUT2D eigenvalue weighted by molar-refractivity contribution is 6.31. The number of aromatic nitrogens is 3. The van der Waals surface area contributed by atoms with E-state index < -0.39 is 0 Å². The maximum atomic E-state index is 6.18. The Bertz CT molecular complexity index is 556. The lowest BCUT2D eigenvalue weighted by Crippen LogP contribution is -2.10. The highest BCUT2D eigenvalue weighted by atomic mass is 35.5. The van der Waals surface area contributed by atoms with E-state index >= 15 is 0 Å². The Balaban J connectivity index is 2.10. The summed E-state index contributed by atoms with van der Waals surface area (Å²) in [4.78, 5) is 4.22. The quantitative estimate of drug-likeness (QED) is 0.851. The van der Waals surface area contributed by atoms with E-state index in [0.717, 1.165) is 30.1 Å². The largest absolute Gasteiger partial charge is 0.485 e. The minimum Gasteiger partial charge on any atom is -0.485 e. The molecular weight excluding hydrogens is 276 g/mol. The van der Waals surface area contributed by atoms with Gasteiger partial charge >= 0.3 is 0 Å². The van der Waals surface area contributed by atoms with Gasteiger partial charge in [0.1, 0.15) is 18.7 Å². The fraction of sp³-hybridized carbons (Fsp3) is 0.429. The number of hydrogen-bond donors (Lipinski definition) is 1. The number of aryl methyl sites for hydroxylation is 1. The van der Waals surface area contributed by atoms with Crippen LogP contribution < -0.4 is 10.5 Å². The van der Waals surface area contributed by atoms with E-state index in [9.17, 15) is 0 Å². The van der Waals surface area contributed by atoms with E-state index in [1.807, 2.05) is 22.9 Å². The molecule has 0 amide bonds. The minimum atomic E-state index is 0.373. The Morgan fingerprint density at radius 1 is 1.40 bits per heavy atom. The van der Waals surface area contributed by atoms with Crippen LogP contribution in [0.25, 0.3) is 0 Å². The minimum absolute atomic E-state index is 0.373. The average Bonchev–Trinajstić information content (AvgIpc) is 2.87. The predicted molar refractivity (Wildman–Crippen MR) is 78.9 cm³/mol. The molecule has 0 atom stereocenters. The molecule has 0 radical (unpaired) electrons. The summed E-state index contributed by atoms with van der Waals surface area (Å²) in [6, 6.07) is 5.62. The molecule has 108 valence electrons. The van der Waals surface area contributed by atoms with Crippen molar-refractivity contribution in [3.8, 4) is 5.75 Å². The Morgan fingerprint density at radius 2 is 2.25 bits per heavy atom. The van der Waals surface area contributed by atoms with Gasteiger partial charge in [0, 0.05) is 17.1 Å². The molecule has 0 fully saturated rings. The van der Waals surface area contributed by atoms with Crippen LogP contribution in [0.2, 0.25) is 5.02 Å². The van der Waals surface area contributed by atoms with Gasteiger partial charge in [-0.15, -0.1) is 0 Å². The number of halogens is 1. The highest BCUT2D eigenvalue weighted by Gasteiger charge is 2.10.